The van der Waals surface area contributed by atoms with Crippen molar-refractivity contribution in [1.82, 2.24) is 20.3 Å². The monoisotopic (exact) mass is 224 g/mol. The van der Waals surface area contributed by atoms with Gasteiger partial charge in [0.25, 0.3) is 0 Å². The highest BCUT2D eigenvalue weighted by atomic mass is 16.5. The van der Waals surface area contributed by atoms with Crippen molar-refractivity contribution in [3.8, 4) is 0 Å². The fourth-order valence-electron chi connectivity index (χ4n) is 2.23. The molecule has 1 aromatic rings. The number of aromatic nitrogens is 3. The van der Waals surface area contributed by atoms with E-state index in [2.05, 4.69) is 22.6 Å². The van der Waals surface area contributed by atoms with E-state index in [0.29, 0.717) is 12.1 Å². The number of hydrogen-bond donors (Lipinski definition) is 1. The summed E-state index contributed by atoms with van der Waals surface area (Å²) < 4.78 is 7.47. The summed E-state index contributed by atoms with van der Waals surface area (Å²) in [5.74, 6) is 0. The summed E-state index contributed by atoms with van der Waals surface area (Å²) in [4.78, 5) is 0. The Morgan fingerprint density at radius 1 is 1.69 bits per heavy atom. The number of nitrogens with zero attached hydrogens (tertiary/aromatic N) is 3. The third-order valence-electron chi connectivity index (χ3n) is 2.96. The Bertz CT molecular complexity index is 320. The Hall–Kier alpha value is -0.940. The molecule has 16 heavy (non-hydrogen) atoms. The second-order valence-electron chi connectivity index (χ2n) is 4.30. The quantitative estimate of drug-likeness (QED) is 0.792. The third kappa shape index (κ3) is 2.80. The van der Waals surface area contributed by atoms with E-state index >= 15 is 0 Å². The topological polar surface area (TPSA) is 52.0 Å². The lowest BCUT2D eigenvalue weighted by molar-refractivity contribution is 0.0786. The number of ether oxygens (including phenoxy) is 1. The first-order valence-corrected chi connectivity index (χ1v) is 5.99. The van der Waals surface area contributed by atoms with Gasteiger partial charge in [-0.05, 0) is 19.4 Å². The molecule has 1 aromatic heterocycles. The molecule has 1 saturated heterocycles. The van der Waals surface area contributed by atoms with Crippen LogP contribution in [0, 0.1) is 0 Å². The number of likely N-dealkylation sites (N-methyl/N-ethyl adjacent to an activating group) is 1. The van der Waals surface area contributed by atoms with Crippen LogP contribution in [0.25, 0.3) is 0 Å². The lowest BCUT2D eigenvalue weighted by Gasteiger charge is -2.22. The molecule has 1 N–H and O–H groups in total. The van der Waals surface area contributed by atoms with Crippen LogP contribution in [-0.2, 0) is 18.2 Å². The van der Waals surface area contributed by atoms with Crippen LogP contribution in [0.5, 0.6) is 0 Å². The van der Waals surface area contributed by atoms with E-state index in [1.54, 1.807) is 4.68 Å². The van der Waals surface area contributed by atoms with E-state index < -0.39 is 0 Å². The van der Waals surface area contributed by atoms with E-state index in [-0.39, 0.29) is 0 Å². The van der Waals surface area contributed by atoms with Gasteiger partial charge < -0.3 is 10.1 Å². The minimum Gasteiger partial charge on any atom is -0.377 e. The molecular weight excluding hydrogens is 204 g/mol. The predicted octanol–water partition coefficient (Wildman–Crippen LogP) is 0.515. The highest BCUT2D eigenvalue weighted by Gasteiger charge is 2.26. The fourth-order valence-corrected chi connectivity index (χ4v) is 2.23. The van der Waals surface area contributed by atoms with Gasteiger partial charge in [0.15, 0.2) is 0 Å². The van der Waals surface area contributed by atoms with Crippen LogP contribution < -0.4 is 5.32 Å². The zero-order valence-electron chi connectivity index (χ0n) is 10.0. The molecule has 5 heteroatoms. The molecule has 5 nitrogen and oxygen atoms in total. The highest BCUT2D eigenvalue weighted by Crippen LogP contribution is 2.17. The number of rotatable bonds is 5. The fraction of sp³-hybridized carbons (Fsp3) is 0.818. The Morgan fingerprint density at radius 2 is 2.56 bits per heavy atom. The van der Waals surface area contributed by atoms with E-state index in [4.69, 9.17) is 4.74 Å². The zero-order valence-corrected chi connectivity index (χ0v) is 10.0. The van der Waals surface area contributed by atoms with Gasteiger partial charge in [0.1, 0.15) is 0 Å². The molecule has 0 aliphatic carbocycles. The van der Waals surface area contributed by atoms with Crippen LogP contribution >= 0.6 is 0 Å². The Labute approximate surface area is 96.2 Å². The summed E-state index contributed by atoms with van der Waals surface area (Å²) in [5, 5.41) is 11.6. The lowest BCUT2D eigenvalue weighted by atomic mass is 10.0. The molecule has 1 aliphatic rings. The molecule has 0 bridgehead atoms. The van der Waals surface area contributed by atoms with Gasteiger partial charge in [0, 0.05) is 32.3 Å². The minimum atomic E-state index is 0.335. The average molecular weight is 224 g/mol. The summed E-state index contributed by atoms with van der Waals surface area (Å²) in [6.07, 6.45) is 5.53. The van der Waals surface area contributed by atoms with Crippen molar-refractivity contribution in [2.45, 2.75) is 38.3 Å². The average Bonchev–Trinajstić information content (AvgIpc) is 2.88. The van der Waals surface area contributed by atoms with Crippen LogP contribution in [0.3, 0.4) is 0 Å². The van der Waals surface area contributed by atoms with Crippen molar-refractivity contribution in [2.24, 2.45) is 7.05 Å². The molecule has 0 saturated carbocycles. The zero-order chi connectivity index (χ0) is 11.4. The van der Waals surface area contributed by atoms with Gasteiger partial charge in [-0.15, -0.1) is 5.10 Å². The maximum Gasteiger partial charge on any atom is 0.0843 e. The van der Waals surface area contributed by atoms with Crippen molar-refractivity contribution in [3.05, 3.63) is 11.9 Å². The maximum absolute atomic E-state index is 5.73. The summed E-state index contributed by atoms with van der Waals surface area (Å²) in [6.45, 7) is 3.98. The molecule has 0 radical (unpaired) electrons. The summed E-state index contributed by atoms with van der Waals surface area (Å²) >= 11 is 0. The van der Waals surface area contributed by atoms with Crippen LogP contribution in [-0.4, -0.2) is 40.3 Å². The first-order chi connectivity index (χ1) is 7.79. The van der Waals surface area contributed by atoms with Crippen LogP contribution in [0.1, 0.15) is 25.5 Å². The molecule has 0 spiro atoms. The van der Waals surface area contributed by atoms with Gasteiger partial charge >= 0.3 is 0 Å². The Morgan fingerprint density at radius 3 is 3.12 bits per heavy atom. The molecule has 2 heterocycles. The number of aryl methyl sites for hydroxylation is 1. The summed E-state index contributed by atoms with van der Waals surface area (Å²) in [7, 11) is 1.89. The summed E-state index contributed by atoms with van der Waals surface area (Å²) in [6, 6.07) is 0.365. The standard InChI is InChI=1S/C11H20N4O/c1-3-12-10(11-5-4-6-16-11)7-9-8-15(2)14-13-9/h8,10-12H,3-7H2,1-2H3. The number of nitrogens with one attached hydrogen (secondary N) is 1. The number of hydrogen-bond acceptors (Lipinski definition) is 4. The van der Waals surface area contributed by atoms with Crippen molar-refractivity contribution in [2.75, 3.05) is 13.2 Å². The molecule has 2 atom stereocenters. The van der Waals surface area contributed by atoms with Crippen molar-refractivity contribution in [1.29, 1.82) is 0 Å². The molecule has 0 aromatic carbocycles. The Kier molecular flexibility index (Phi) is 3.90. The predicted molar refractivity (Wildman–Crippen MR) is 61.1 cm³/mol. The molecule has 2 unspecified atom stereocenters. The van der Waals surface area contributed by atoms with Gasteiger partial charge in [0.2, 0.25) is 0 Å². The van der Waals surface area contributed by atoms with Crippen LogP contribution in [0.15, 0.2) is 6.20 Å². The van der Waals surface area contributed by atoms with Crippen molar-refractivity contribution >= 4 is 0 Å². The van der Waals surface area contributed by atoms with Crippen molar-refractivity contribution in [3.63, 3.8) is 0 Å². The van der Waals surface area contributed by atoms with Gasteiger partial charge in [-0.25, -0.2) is 0 Å². The van der Waals surface area contributed by atoms with Crippen molar-refractivity contribution < 1.29 is 4.74 Å². The molecule has 90 valence electrons. The van der Waals surface area contributed by atoms with E-state index in [1.165, 1.54) is 6.42 Å². The molecule has 1 aliphatic heterocycles. The molecule has 0 amide bonds. The minimum absolute atomic E-state index is 0.335. The normalized spacial score (nSPS) is 22.5. The lowest BCUT2D eigenvalue weighted by Crippen LogP contribution is -2.41. The smallest absolute Gasteiger partial charge is 0.0843 e. The first-order valence-electron chi connectivity index (χ1n) is 5.99. The SMILES string of the molecule is CCNC(Cc1cn(C)nn1)C1CCCO1. The molecular formula is C11H20N4O. The third-order valence-corrected chi connectivity index (χ3v) is 2.96. The highest BCUT2D eigenvalue weighted by molar-refractivity contribution is 4.98. The second-order valence-corrected chi connectivity index (χ2v) is 4.30. The largest absolute Gasteiger partial charge is 0.377 e. The van der Waals surface area contributed by atoms with Gasteiger partial charge in [0.05, 0.1) is 11.8 Å². The van der Waals surface area contributed by atoms with E-state index in [9.17, 15) is 0 Å². The van der Waals surface area contributed by atoms with Gasteiger partial charge in [-0.1, -0.05) is 12.1 Å². The van der Waals surface area contributed by atoms with Gasteiger partial charge in [-0.3, -0.25) is 4.68 Å². The second kappa shape index (κ2) is 5.41. The van der Waals surface area contributed by atoms with Crippen LogP contribution in [0.2, 0.25) is 0 Å². The Balaban J connectivity index is 1.96. The van der Waals surface area contributed by atoms with E-state index in [0.717, 1.165) is 31.7 Å². The maximum atomic E-state index is 5.73. The molecule has 2 rings (SSSR count). The summed E-state index contributed by atoms with van der Waals surface area (Å²) in [5.41, 5.74) is 1.03. The van der Waals surface area contributed by atoms with Crippen LogP contribution in [0.4, 0.5) is 0 Å². The molecule has 1 fully saturated rings. The van der Waals surface area contributed by atoms with Gasteiger partial charge in [-0.2, -0.15) is 0 Å². The first kappa shape index (κ1) is 11.5. The van der Waals surface area contributed by atoms with E-state index in [1.807, 2.05) is 13.2 Å².